The van der Waals surface area contributed by atoms with Crippen molar-refractivity contribution in [1.29, 1.82) is 0 Å². The standard InChI is InChI=1S/C21H28N2O3S/c1-4-6-14-22-27(25,26)18-11-9-10-17(15-18)21(24)23-20-13-8-7-12-19(20)16(3)5-2/h7-13,15-16,22H,4-6,14H2,1-3H3,(H,23,24). The Labute approximate surface area is 162 Å². The third kappa shape index (κ3) is 5.65. The summed E-state index contributed by atoms with van der Waals surface area (Å²) in [6.45, 7) is 6.59. The second kappa shape index (κ2) is 9.67. The molecule has 0 heterocycles. The van der Waals surface area contributed by atoms with E-state index in [0.29, 0.717) is 18.0 Å². The minimum absolute atomic E-state index is 0.0986. The number of carbonyl (C=O) groups excluding carboxylic acids is 1. The number of anilines is 1. The first-order valence-corrected chi connectivity index (χ1v) is 10.9. The average molecular weight is 389 g/mol. The summed E-state index contributed by atoms with van der Waals surface area (Å²) in [5, 5.41) is 2.92. The van der Waals surface area contributed by atoms with E-state index in [1.165, 1.54) is 12.1 Å². The summed E-state index contributed by atoms with van der Waals surface area (Å²) in [6.07, 6.45) is 2.64. The Morgan fingerprint density at radius 3 is 2.52 bits per heavy atom. The molecule has 146 valence electrons. The van der Waals surface area contributed by atoms with Gasteiger partial charge in [-0.05, 0) is 48.6 Å². The lowest BCUT2D eigenvalue weighted by molar-refractivity contribution is 0.102. The summed E-state index contributed by atoms with van der Waals surface area (Å²) in [5.74, 6) is -0.00709. The first-order valence-electron chi connectivity index (χ1n) is 9.39. The van der Waals surface area contributed by atoms with Gasteiger partial charge in [0.1, 0.15) is 0 Å². The summed E-state index contributed by atoms with van der Waals surface area (Å²) in [7, 11) is -3.62. The maximum Gasteiger partial charge on any atom is 0.255 e. The van der Waals surface area contributed by atoms with Gasteiger partial charge in [-0.25, -0.2) is 13.1 Å². The van der Waals surface area contributed by atoms with Crippen LogP contribution in [0, 0.1) is 0 Å². The molecule has 2 aromatic carbocycles. The summed E-state index contributed by atoms with van der Waals surface area (Å²) in [4.78, 5) is 12.8. The lowest BCUT2D eigenvalue weighted by Gasteiger charge is -2.16. The molecule has 27 heavy (non-hydrogen) atoms. The third-order valence-corrected chi connectivity index (χ3v) is 6.04. The fourth-order valence-electron chi connectivity index (χ4n) is 2.73. The fraction of sp³-hybridized carbons (Fsp3) is 0.381. The van der Waals surface area contributed by atoms with Crippen molar-refractivity contribution in [3.05, 3.63) is 59.7 Å². The molecule has 0 aliphatic carbocycles. The molecule has 0 saturated heterocycles. The third-order valence-electron chi connectivity index (χ3n) is 4.58. The fourth-order valence-corrected chi connectivity index (χ4v) is 3.85. The summed E-state index contributed by atoms with van der Waals surface area (Å²) in [6, 6.07) is 13.8. The number of unbranched alkanes of at least 4 members (excludes halogenated alkanes) is 1. The lowest BCUT2D eigenvalue weighted by Crippen LogP contribution is -2.25. The van der Waals surface area contributed by atoms with Crippen LogP contribution in [0.3, 0.4) is 0 Å². The van der Waals surface area contributed by atoms with Crippen molar-refractivity contribution in [2.24, 2.45) is 0 Å². The molecule has 0 aliphatic heterocycles. The van der Waals surface area contributed by atoms with Gasteiger partial charge in [0.25, 0.3) is 5.91 Å². The van der Waals surface area contributed by atoms with Gasteiger partial charge in [0.2, 0.25) is 10.0 Å². The van der Waals surface area contributed by atoms with Crippen molar-refractivity contribution >= 4 is 21.6 Å². The molecule has 0 aromatic heterocycles. The molecule has 2 aromatic rings. The van der Waals surface area contributed by atoms with E-state index in [1.807, 2.05) is 31.2 Å². The zero-order valence-corrected chi connectivity index (χ0v) is 17.0. The largest absolute Gasteiger partial charge is 0.322 e. The topological polar surface area (TPSA) is 75.3 Å². The Morgan fingerprint density at radius 1 is 1.07 bits per heavy atom. The Balaban J connectivity index is 2.21. The molecule has 0 saturated carbocycles. The molecule has 0 aliphatic rings. The van der Waals surface area contributed by atoms with Crippen LogP contribution in [0.25, 0.3) is 0 Å². The van der Waals surface area contributed by atoms with E-state index in [9.17, 15) is 13.2 Å². The van der Waals surface area contributed by atoms with Gasteiger partial charge in [-0.3, -0.25) is 4.79 Å². The van der Waals surface area contributed by atoms with Crippen LogP contribution >= 0.6 is 0 Å². The molecule has 1 unspecified atom stereocenters. The van der Waals surface area contributed by atoms with Crippen LogP contribution in [-0.4, -0.2) is 20.9 Å². The van der Waals surface area contributed by atoms with Crippen LogP contribution in [0.15, 0.2) is 53.4 Å². The molecule has 2 N–H and O–H groups in total. The summed E-state index contributed by atoms with van der Waals surface area (Å²) < 4.78 is 27.3. The quantitative estimate of drug-likeness (QED) is 0.620. The number of benzene rings is 2. The Morgan fingerprint density at radius 2 is 1.81 bits per heavy atom. The number of carbonyl (C=O) groups is 1. The number of amides is 1. The summed E-state index contributed by atoms with van der Waals surface area (Å²) >= 11 is 0. The van der Waals surface area contributed by atoms with E-state index in [2.05, 4.69) is 23.9 Å². The molecule has 0 spiro atoms. The average Bonchev–Trinajstić information content (AvgIpc) is 2.68. The Bertz CT molecular complexity index is 879. The number of sulfonamides is 1. The monoisotopic (exact) mass is 388 g/mol. The zero-order valence-electron chi connectivity index (χ0n) is 16.2. The second-order valence-electron chi connectivity index (χ2n) is 6.63. The van der Waals surface area contributed by atoms with Gasteiger partial charge in [-0.15, -0.1) is 0 Å². The maximum atomic E-state index is 12.7. The maximum absolute atomic E-state index is 12.7. The van der Waals surface area contributed by atoms with Gasteiger partial charge < -0.3 is 5.32 Å². The van der Waals surface area contributed by atoms with Gasteiger partial charge in [-0.2, -0.15) is 0 Å². The molecule has 6 heteroatoms. The molecular formula is C21H28N2O3S. The smallest absolute Gasteiger partial charge is 0.255 e. The number of hydrogen-bond donors (Lipinski definition) is 2. The van der Waals surface area contributed by atoms with E-state index in [0.717, 1.165) is 30.5 Å². The van der Waals surface area contributed by atoms with Gasteiger partial charge in [0.05, 0.1) is 4.90 Å². The summed E-state index contributed by atoms with van der Waals surface area (Å²) in [5.41, 5.74) is 2.14. The Kier molecular flexibility index (Phi) is 7.56. The first-order chi connectivity index (χ1) is 12.9. The van der Waals surface area contributed by atoms with E-state index >= 15 is 0 Å². The van der Waals surface area contributed by atoms with Crippen molar-refractivity contribution < 1.29 is 13.2 Å². The van der Waals surface area contributed by atoms with Crippen LogP contribution in [-0.2, 0) is 10.0 Å². The van der Waals surface area contributed by atoms with Gasteiger partial charge in [0.15, 0.2) is 0 Å². The molecule has 2 rings (SSSR count). The SMILES string of the molecule is CCCCNS(=O)(=O)c1cccc(C(=O)Nc2ccccc2C(C)CC)c1. The van der Waals surface area contributed by atoms with Crippen molar-refractivity contribution in [2.45, 2.75) is 50.8 Å². The minimum Gasteiger partial charge on any atom is -0.322 e. The molecule has 1 atom stereocenters. The van der Waals surface area contributed by atoms with Gasteiger partial charge in [-0.1, -0.05) is 51.5 Å². The number of nitrogens with one attached hydrogen (secondary N) is 2. The molecule has 0 fully saturated rings. The minimum atomic E-state index is -3.62. The van der Waals surface area contributed by atoms with E-state index in [-0.39, 0.29) is 10.8 Å². The first kappa shape index (κ1) is 21.1. The highest BCUT2D eigenvalue weighted by Crippen LogP contribution is 2.27. The normalized spacial score (nSPS) is 12.6. The zero-order chi connectivity index (χ0) is 19.9. The predicted octanol–water partition coefficient (Wildman–Crippen LogP) is 4.53. The van der Waals surface area contributed by atoms with Crippen LogP contribution < -0.4 is 10.0 Å². The number of hydrogen-bond acceptors (Lipinski definition) is 3. The highest BCUT2D eigenvalue weighted by molar-refractivity contribution is 7.89. The van der Waals surface area contributed by atoms with E-state index in [4.69, 9.17) is 0 Å². The molecule has 1 amide bonds. The molecule has 0 bridgehead atoms. The predicted molar refractivity (Wildman–Crippen MR) is 110 cm³/mol. The van der Waals surface area contributed by atoms with Crippen molar-refractivity contribution in [3.8, 4) is 0 Å². The van der Waals surface area contributed by atoms with Crippen molar-refractivity contribution in [3.63, 3.8) is 0 Å². The van der Waals surface area contributed by atoms with Crippen LogP contribution in [0.2, 0.25) is 0 Å². The van der Waals surface area contributed by atoms with Crippen LogP contribution in [0.1, 0.15) is 61.9 Å². The highest BCUT2D eigenvalue weighted by Gasteiger charge is 2.17. The van der Waals surface area contributed by atoms with Crippen LogP contribution in [0.4, 0.5) is 5.69 Å². The lowest BCUT2D eigenvalue weighted by atomic mass is 9.97. The molecule has 5 nitrogen and oxygen atoms in total. The second-order valence-corrected chi connectivity index (χ2v) is 8.40. The van der Waals surface area contributed by atoms with Crippen molar-refractivity contribution in [2.75, 3.05) is 11.9 Å². The molecular weight excluding hydrogens is 360 g/mol. The molecule has 0 radical (unpaired) electrons. The number of para-hydroxylation sites is 1. The highest BCUT2D eigenvalue weighted by atomic mass is 32.2. The van der Waals surface area contributed by atoms with Crippen molar-refractivity contribution in [1.82, 2.24) is 4.72 Å². The van der Waals surface area contributed by atoms with Gasteiger partial charge in [0, 0.05) is 17.8 Å². The van der Waals surface area contributed by atoms with E-state index < -0.39 is 10.0 Å². The Hall–Kier alpha value is -2.18. The van der Waals surface area contributed by atoms with E-state index in [1.54, 1.807) is 12.1 Å². The van der Waals surface area contributed by atoms with Gasteiger partial charge >= 0.3 is 0 Å². The van der Waals surface area contributed by atoms with Crippen LogP contribution in [0.5, 0.6) is 0 Å². The number of rotatable bonds is 9.